The van der Waals surface area contributed by atoms with Crippen molar-refractivity contribution in [3.8, 4) is 16.9 Å². The molecular formula is C25H23Cl2F3N6O4. The highest BCUT2D eigenvalue weighted by molar-refractivity contribution is 6.31. The Morgan fingerprint density at radius 2 is 1.80 bits per heavy atom. The van der Waals surface area contributed by atoms with E-state index in [1.54, 1.807) is 18.2 Å². The molecule has 3 N–H and O–H groups in total. The minimum absolute atomic E-state index is 0.0151. The van der Waals surface area contributed by atoms with Crippen molar-refractivity contribution >= 4 is 23.2 Å². The first kappa shape index (κ1) is 28.5. The molecule has 4 aromatic rings. The van der Waals surface area contributed by atoms with Gasteiger partial charge < -0.3 is 20.1 Å². The number of aliphatic hydroxyl groups is 3. The van der Waals surface area contributed by atoms with Gasteiger partial charge in [0.25, 0.3) is 0 Å². The van der Waals surface area contributed by atoms with E-state index in [9.17, 15) is 28.5 Å². The van der Waals surface area contributed by atoms with Crippen molar-refractivity contribution in [3.05, 3.63) is 75.4 Å². The Hall–Kier alpha value is -3.07. The number of aryl methyl sites for hydroxylation is 2. The van der Waals surface area contributed by atoms with Gasteiger partial charge in [-0.05, 0) is 49.7 Å². The minimum Gasteiger partial charge on any atom is -0.394 e. The van der Waals surface area contributed by atoms with E-state index >= 15 is 0 Å². The summed E-state index contributed by atoms with van der Waals surface area (Å²) in [5, 5.41) is 45.3. The monoisotopic (exact) mass is 598 g/mol. The zero-order valence-electron chi connectivity index (χ0n) is 21.0. The number of hydrogen-bond acceptors (Lipinski definition) is 8. The maximum absolute atomic E-state index is 13.9. The van der Waals surface area contributed by atoms with Gasteiger partial charge in [0.05, 0.1) is 24.1 Å². The fourth-order valence-corrected chi connectivity index (χ4v) is 4.98. The summed E-state index contributed by atoms with van der Waals surface area (Å²) >= 11 is 12.1. The molecule has 1 saturated heterocycles. The molecule has 2 aromatic carbocycles. The lowest BCUT2D eigenvalue weighted by Crippen LogP contribution is -2.53. The highest BCUT2D eigenvalue weighted by Gasteiger charge is 2.49. The van der Waals surface area contributed by atoms with Crippen molar-refractivity contribution in [2.45, 2.75) is 50.5 Å². The minimum atomic E-state index is -4.76. The first-order chi connectivity index (χ1) is 18.9. The number of hydrogen-bond donors (Lipinski definition) is 3. The van der Waals surface area contributed by atoms with Crippen LogP contribution >= 0.6 is 23.2 Å². The Kier molecular flexibility index (Phi) is 7.63. The average Bonchev–Trinajstić information content (AvgIpc) is 3.52. The first-order valence-electron chi connectivity index (χ1n) is 12.0. The third-order valence-corrected chi connectivity index (χ3v) is 7.31. The number of aliphatic hydroxyl groups excluding tert-OH is 3. The number of benzene rings is 2. The van der Waals surface area contributed by atoms with E-state index < -0.39 is 54.5 Å². The molecule has 15 heteroatoms. The fourth-order valence-electron chi connectivity index (χ4n) is 4.70. The second-order valence-corrected chi connectivity index (χ2v) is 10.2. The molecular weight excluding hydrogens is 576 g/mol. The zero-order chi connectivity index (χ0) is 28.9. The van der Waals surface area contributed by atoms with Gasteiger partial charge in [-0.3, -0.25) is 0 Å². The summed E-state index contributed by atoms with van der Waals surface area (Å²) < 4.78 is 49.6. The predicted molar refractivity (Wildman–Crippen MR) is 137 cm³/mol. The van der Waals surface area contributed by atoms with Crippen LogP contribution in [-0.2, 0) is 10.9 Å². The Bertz CT molecular complexity index is 1550. The van der Waals surface area contributed by atoms with Gasteiger partial charge in [-0.1, -0.05) is 34.5 Å². The summed E-state index contributed by atoms with van der Waals surface area (Å²) in [6.07, 6.45) is -9.02. The summed E-state index contributed by atoms with van der Waals surface area (Å²) in [6, 6.07) is 6.98. The van der Waals surface area contributed by atoms with E-state index in [-0.39, 0.29) is 16.7 Å². The smallest absolute Gasteiger partial charge is 0.394 e. The normalized spacial score (nSPS) is 23.5. The summed E-state index contributed by atoms with van der Waals surface area (Å²) in [5.74, 6) is -0.106. The molecule has 5 atom stereocenters. The third kappa shape index (κ3) is 5.20. The quantitative estimate of drug-likeness (QED) is 0.315. The van der Waals surface area contributed by atoms with Gasteiger partial charge in [0.1, 0.15) is 42.0 Å². The van der Waals surface area contributed by atoms with E-state index in [0.29, 0.717) is 16.3 Å². The number of nitrogens with zero attached hydrogens (tertiary/aromatic N) is 6. The van der Waals surface area contributed by atoms with Crippen molar-refractivity contribution in [3.63, 3.8) is 0 Å². The lowest BCUT2D eigenvalue weighted by Gasteiger charge is -2.41. The molecule has 1 aliphatic heterocycles. The SMILES string of the molecule is Cc1nc([C@@H]2O[C@H](CO)[C@H](O)[C@H](n3cc(-c4ccc(Cl)c(C)c4)nn3)[C@H]2O)n(-c2cc(Cl)ccc2C(F)(F)F)n1. The van der Waals surface area contributed by atoms with E-state index in [1.165, 1.54) is 17.8 Å². The van der Waals surface area contributed by atoms with Gasteiger partial charge in [-0.15, -0.1) is 5.10 Å². The number of halogens is 5. The summed E-state index contributed by atoms with van der Waals surface area (Å²) in [5.41, 5.74) is 0.416. The Balaban J connectivity index is 1.58. The van der Waals surface area contributed by atoms with Crippen LogP contribution in [0.4, 0.5) is 13.2 Å². The molecule has 0 saturated carbocycles. The molecule has 10 nitrogen and oxygen atoms in total. The molecule has 2 aromatic heterocycles. The van der Waals surface area contributed by atoms with Crippen molar-refractivity contribution in [2.24, 2.45) is 0 Å². The van der Waals surface area contributed by atoms with Crippen molar-refractivity contribution in [1.82, 2.24) is 29.8 Å². The van der Waals surface area contributed by atoms with Gasteiger partial charge in [-0.25, -0.2) is 14.3 Å². The Morgan fingerprint density at radius 3 is 2.48 bits per heavy atom. The van der Waals surface area contributed by atoms with Crippen LogP contribution in [0.1, 0.15) is 34.9 Å². The number of ether oxygens (including phenoxy) is 1. The van der Waals surface area contributed by atoms with Gasteiger partial charge in [0, 0.05) is 15.6 Å². The molecule has 1 aliphatic rings. The van der Waals surface area contributed by atoms with Crippen LogP contribution in [0.15, 0.2) is 42.6 Å². The zero-order valence-corrected chi connectivity index (χ0v) is 22.5. The molecule has 212 valence electrons. The number of rotatable bonds is 5. The summed E-state index contributed by atoms with van der Waals surface area (Å²) in [7, 11) is 0. The van der Waals surface area contributed by atoms with E-state index in [1.807, 2.05) is 6.92 Å². The Morgan fingerprint density at radius 1 is 1.05 bits per heavy atom. The van der Waals surface area contributed by atoms with Crippen LogP contribution < -0.4 is 0 Å². The molecule has 3 heterocycles. The second-order valence-electron chi connectivity index (χ2n) is 9.39. The van der Waals surface area contributed by atoms with E-state index in [4.69, 9.17) is 27.9 Å². The highest BCUT2D eigenvalue weighted by Crippen LogP contribution is 2.41. The largest absolute Gasteiger partial charge is 0.418 e. The number of aromatic nitrogens is 6. The highest BCUT2D eigenvalue weighted by atomic mass is 35.5. The molecule has 0 radical (unpaired) electrons. The van der Waals surface area contributed by atoms with E-state index in [0.717, 1.165) is 28.4 Å². The first-order valence-corrected chi connectivity index (χ1v) is 12.8. The summed E-state index contributed by atoms with van der Waals surface area (Å²) in [4.78, 5) is 4.24. The molecule has 0 spiro atoms. The van der Waals surface area contributed by atoms with Gasteiger partial charge >= 0.3 is 6.18 Å². The van der Waals surface area contributed by atoms with Gasteiger partial charge in [0.2, 0.25) is 0 Å². The topological polar surface area (TPSA) is 131 Å². The summed E-state index contributed by atoms with van der Waals surface area (Å²) in [6.45, 7) is 2.61. The van der Waals surface area contributed by atoms with Gasteiger partial charge in [-0.2, -0.15) is 18.3 Å². The van der Waals surface area contributed by atoms with Crippen LogP contribution in [0.2, 0.25) is 10.0 Å². The molecule has 0 aliphatic carbocycles. The van der Waals surface area contributed by atoms with Crippen LogP contribution in [0, 0.1) is 13.8 Å². The molecule has 0 unspecified atom stereocenters. The average molecular weight is 599 g/mol. The fraction of sp³-hybridized carbons (Fsp3) is 0.360. The Labute approximate surface area is 235 Å². The second kappa shape index (κ2) is 10.7. The third-order valence-electron chi connectivity index (χ3n) is 6.65. The molecule has 5 rings (SSSR count). The van der Waals surface area contributed by atoms with Crippen molar-refractivity contribution in [1.29, 1.82) is 0 Å². The van der Waals surface area contributed by atoms with Gasteiger partial charge in [0.15, 0.2) is 5.82 Å². The maximum Gasteiger partial charge on any atom is 0.418 e. The molecule has 40 heavy (non-hydrogen) atoms. The lowest BCUT2D eigenvalue weighted by atomic mass is 9.92. The lowest BCUT2D eigenvalue weighted by molar-refractivity contribution is -0.210. The van der Waals surface area contributed by atoms with E-state index in [2.05, 4.69) is 20.4 Å². The van der Waals surface area contributed by atoms with Crippen LogP contribution in [-0.4, -0.2) is 70.0 Å². The molecule has 0 amide bonds. The molecule has 0 bridgehead atoms. The van der Waals surface area contributed by atoms with Crippen molar-refractivity contribution in [2.75, 3.05) is 6.61 Å². The van der Waals surface area contributed by atoms with Crippen LogP contribution in [0.3, 0.4) is 0 Å². The number of alkyl halides is 3. The van der Waals surface area contributed by atoms with Crippen molar-refractivity contribution < 1.29 is 33.2 Å². The predicted octanol–water partition coefficient (Wildman–Crippen LogP) is 3.86. The van der Waals surface area contributed by atoms with Crippen LogP contribution in [0.25, 0.3) is 16.9 Å². The standard InChI is InChI=1S/C25H23Cl2F3N6O4/c1-11-7-13(3-6-16(11)27)17-9-35(34-32-17)20-21(38)19(10-37)40-23(22(20)39)24-31-12(2)33-36(24)18-8-14(26)4-5-15(18)25(28,29)30/h3-9,19-23,37-39H,10H2,1-2H3/t19-,20+,21+,22-,23-/m1/s1. The van der Waals surface area contributed by atoms with Crippen LogP contribution in [0.5, 0.6) is 0 Å². The maximum atomic E-state index is 13.9. The molecule has 1 fully saturated rings.